The Hall–Kier alpha value is -0.0900. The van der Waals surface area contributed by atoms with Crippen molar-refractivity contribution in [1.29, 1.82) is 0 Å². The van der Waals surface area contributed by atoms with Crippen molar-refractivity contribution in [2.24, 2.45) is 5.92 Å². The molecule has 1 atom stereocenters. The van der Waals surface area contributed by atoms with Gasteiger partial charge in [-0.15, -0.1) is 30.1 Å². The standard InChI is InChI=1S/C13H22O2S2/c1-10(2)8-13(16-6-5-7-17-13)9-11(3)12(14)15-4/h11H,1,5-9H2,2-4H3/t11-/m0/s1. The topological polar surface area (TPSA) is 26.3 Å². The van der Waals surface area contributed by atoms with E-state index in [1.807, 2.05) is 30.4 Å². The normalized spacial score (nSPS) is 20.6. The number of carbonyl (C=O) groups is 1. The Morgan fingerprint density at radius 2 is 2.06 bits per heavy atom. The molecule has 1 aliphatic rings. The Morgan fingerprint density at radius 1 is 1.47 bits per heavy atom. The van der Waals surface area contributed by atoms with Crippen molar-refractivity contribution >= 4 is 29.5 Å². The summed E-state index contributed by atoms with van der Waals surface area (Å²) in [6, 6.07) is 0. The minimum atomic E-state index is -0.0992. The summed E-state index contributed by atoms with van der Waals surface area (Å²) >= 11 is 3.98. The SMILES string of the molecule is C=C(C)CC1(C[C@H](C)C(=O)OC)SCCCS1. The second kappa shape index (κ2) is 6.74. The summed E-state index contributed by atoms with van der Waals surface area (Å²) in [5, 5.41) is 0. The molecule has 0 saturated carbocycles. The molecule has 0 aliphatic carbocycles. The fraction of sp³-hybridized carbons (Fsp3) is 0.769. The van der Waals surface area contributed by atoms with Gasteiger partial charge in [-0.3, -0.25) is 4.79 Å². The van der Waals surface area contributed by atoms with Crippen LogP contribution in [0.3, 0.4) is 0 Å². The van der Waals surface area contributed by atoms with Crippen molar-refractivity contribution in [1.82, 2.24) is 0 Å². The van der Waals surface area contributed by atoms with Crippen LogP contribution in [0.5, 0.6) is 0 Å². The Balaban J connectivity index is 2.69. The molecule has 0 spiro atoms. The minimum Gasteiger partial charge on any atom is -0.469 e. The molecular weight excluding hydrogens is 252 g/mol. The van der Waals surface area contributed by atoms with Crippen LogP contribution >= 0.6 is 23.5 Å². The number of ether oxygens (including phenoxy) is 1. The molecule has 1 heterocycles. The van der Waals surface area contributed by atoms with Crippen LogP contribution < -0.4 is 0 Å². The maximum Gasteiger partial charge on any atom is 0.308 e. The van der Waals surface area contributed by atoms with Crippen LogP contribution in [0.1, 0.15) is 33.1 Å². The second-order valence-electron chi connectivity index (χ2n) is 4.72. The number of allylic oxidation sites excluding steroid dienone is 1. The van der Waals surface area contributed by atoms with Gasteiger partial charge in [-0.1, -0.05) is 12.5 Å². The third-order valence-electron chi connectivity index (χ3n) is 2.81. The van der Waals surface area contributed by atoms with E-state index in [0.717, 1.165) is 12.8 Å². The Bertz CT molecular complexity index is 283. The van der Waals surface area contributed by atoms with Gasteiger partial charge in [-0.05, 0) is 37.7 Å². The average molecular weight is 274 g/mol. The number of hydrogen-bond donors (Lipinski definition) is 0. The van der Waals surface area contributed by atoms with Crippen molar-refractivity contribution in [3.05, 3.63) is 12.2 Å². The molecule has 0 aromatic heterocycles. The highest BCUT2D eigenvalue weighted by molar-refractivity contribution is 8.18. The molecule has 1 rings (SSSR count). The molecule has 1 fully saturated rings. The van der Waals surface area contributed by atoms with E-state index in [-0.39, 0.29) is 16.0 Å². The number of rotatable bonds is 5. The zero-order valence-electron chi connectivity index (χ0n) is 11.0. The average Bonchev–Trinajstić information content (AvgIpc) is 2.27. The van der Waals surface area contributed by atoms with Gasteiger partial charge < -0.3 is 4.74 Å². The van der Waals surface area contributed by atoms with Crippen LogP contribution in [0.15, 0.2) is 12.2 Å². The first-order valence-corrected chi connectivity index (χ1v) is 7.96. The zero-order valence-corrected chi connectivity index (χ0v) is 12.6. The molecule has 0 aromatic carbocycles. The van der Waals surface area contributed by atoms with Gasteiger partial charge in [-0.2, -0.15) is 0 Å². The van der Waals surface area contributed by atoms with Gasteiger partial charge in [0.1, 0.15) is 0 Å². The number of esters is 1. The Labute approximate surface area is 113 Å². The van der Waals surface area contributed by atoms with Gasteiger partial charge in [-0.25, -0.2) is 0 Å². The molecule has 0 bridgehead atoms. The molecule has 4 heteroatoms. The van der Waals surface area contributed by atoms with Crippen molar-refractivity contribution < 1.29 is 9.53 Å². The second-order valence-corrected chi connectivity index (χ2v) is 7.94. The summed E-state index contributed by atoms with van der Waals surface area (Å²) in [6.45, 7) is 8.05. The third kappa shape index (κ3) is 4.59. The number of thioether (sulfide) groups is 2. The monoisotopic (exact) mass is 274 g/mol. The molecule has 17 heavy (non-hydrogen) atoms. The van der Waals surface area contributed by atoms with Crippen LogP contribution in [0.4, 0.5) is 0 Å². The van der Waals surface area contributed by atoms with E-state index < -0.39 is 0 Å². The first-order valence-electron chi connectivity index (χ1n) is 5.99. The predicted octanol–water partition coefficient (Wildman–Crippen LogP) is 3.72. The number of hydrogen-bond acceptors (Lipinski definition) is 4. The van der Waals surface area contributed by atoms with Gasteiger partial charge in [0.2, 0.25) is 0 Å². The lowest BCUT2D eigenvalue weighted by atomic mass is 10.0. The lowest BCUT2D eigenvalue weighted by Crippen LogP contribution is -2.30. The Morgan fingerprint density at radius 3 is 2.53 bits per heavy atom. The summed E-state index contributed by atoms with van der Waals surface area (Å²) in [6.07, 6.45) is 3.13. The van der Waals surface area contributed by atoms with Crippen LogP contribution in [-0.2, 0) is 9.53 Å². The van der Waals surface area contributed by atoms with Crippen LogP contribution in [0, 0.1) is 5.92 Å². The summed E-state index contributed by atoms with van der Waals surface area (Å²) < 4.78 is 4.96. The van der Waals surface area contributed by atoms with Crippen LogP contribution in [-0.4, -0.2) is 28.7 Å². The molecule has 1 saturated heterocycles. The zero-order chi connectivity index (χ0) is 12.9. The summed E-state index contributed by atoms with van der Waals surface area (Å²) in [5.41, 5.74) is 1.20. The summed E-state index contributed by atoms with van der Waals surface area (Å²) in [7, 11) is 1.46. The molecule has 2 nitrogen and oxygen atoms in total. The van der Waals surface area contributed by atoms with E-state index in [0.29, 0.717) is 0 Å². The highest BCUT2D eigenvalue weighted by atomic mass is 32.2. The fourth-order valence-corrected chi connectivity index (χ4v) is 5.89. The van der Waals surface area contributed by atoms with E-state index in [1.54, 1.807) is 0 Å². The molecule has 1 aliphatic heterocycles. The summed E-state index contributed by atoms with van der Waals surface area (Å²) in [4.78, 5) is 11.6. The maximum absolute atomic E-state index is 11.6. The van der Waals surface area contributed by atoms with Gasteiger partial charge in [0.15, 0.2) is 0 Å². The lowest BCUT2D eigenvalue weighted by molar-refractivity contribution is -0.145. The van der Waals surface area contributed by atoms with Gasteiger partial charge in [0.25, 0.3) is 0 Å². The van der Waals surface area contributed by atoms with Crippen molar-refractivity contribution in [2.45, 2.75) is 37.2 Å². The predicted molar refractivity (Wildman–Crippen MR) is 77.5 cm³/mol. The Kier molecular flexibility index (Phi) is 5.93. The van der Waals surface area contributed by atoms with E-state index in [9.17, 15) is 4.79 Å². The molecule has 98 valence electrons. The van der Waals surface area contributed by atoms with Crippen LogP contribution in [0.25, 0.3) is 0 Å². The van der Waals surface area contributed by atoms with Gasteiger partial charge >= 0.3 is 5.97 Å². The van der Waals surface area contributed by atoms with Crippen molar-refractivity contribution in [2.75, 3.05) is 18.6 Å². The highest BCUT2D eigenvalue weighted by Crippen LogP contribution is 2.50. The smallest absolute Gasteiger partial charge is 0.308 e. The lowest BCUT2D eigenvalue weighted by Gasteiger charge is -2.37. The molecular formula is C13H22O2S2. The fourth-order valence-electron chi connectivity index (χ4n) is 2.12. The van der Waals surface area contributed by atoms with Crippen molar-refractivity contribution in [3.8, 4) is 0 Å². The van der Waals surface area contributed by atoms with E-state index in [4.69, 9.17) is 4.74 Å². The third-order valence-corrected chi connectivity index (χ3v) is 6.18. The first-order chi connectivity index (χ1) is 7.99. The van der Waals surface area contributed by atoms with E-state index >= 15 is 0 Å². The quantitative estimate of drug-likeness (QED) is 0.564. The van der Waals surface area contributed by atoms with E-state index in [2.05, 4.69) is 13.5 Å². The molecule has 0 amide bonds. The maximum atomic E-state index is 11.6. The largest absolute Gasteiger partial charge is 0.469 e. The molecule has 0 N–H and O–H groups in total. The minimum absolute atomic E-state index is 0.0301. The molecule has 0 aromatic rings. The highest BCUT2D eigenvalue weighted by Gasteiger charge is 2.36. The number of carbonyl (C=O) groups excluding carboxylic acids is 1. The molecule has 0 unspecified atom stereocenters. The van der Waals surface area contributed by atoms with Gasteiger partial charge in [0, 0.05) is 0 Å². The first kappa shape index (κ1) is 15.0. The van der Waals surface area contributed by atoms with E-state index in [1.165, 1.54) is 30.6 Å². The van der Waals surface area contributed by atoms with Crippen LogP contribution in [0.2, 0.25) is 0 Å². The van der Waals surface area contributed by atoms with Crippen molar-refractivity contribution in [3.63, 3.8) is 0 Å². The number of methoxy groups -OCH3 is 1. The summed E-state index contributed by atoms with van der Waals surface area (Å²) in [5.74, 6) is 2.25. The molecule has 0 radical (unpaired) electrons. The van der Waals surface area contributed by atoms with Gasteiger partial charge in [0.05, 0.1) is 17.1 Å².